The first-order valence-electron chi connectivity index (χ1n) is 7.83. The van der Waals surface area contributed by atoms with Gasteiger partial charge in [0.25, 0.3) is 0 Å². The Morgan fingerprint density at radius 1 is 1.00 bits per heavy atom. The molecule has 0 bridgehead atoms. The number of methoxy groups -OCH3 is 2. The van der Waals surface area contributed by atoms with Crippen LogP contribution in [0.1, 0.15) is 12.0 Å². The molecule has 6 nitrogen and oxygen atoms in total. The van der Waals surface area contributed by atoms with Gasteiger partial charge in [-0.25, -0.2) is 0 Å². The molecule has 1 atom stereocenters. The Labute approximate surface area is 146 Å². The molecule has 132 valence electrons. The molecule has 1 unspecified atom stereocenters. The zero-order chi connectivity index (χ0) is 18.4. The highest BCUT2D eigenvalue weighted by Crippen LogP contribution is 2.33. The lowest BCUT2D eigenvalue weighted by Crippen LogP contribution is -2.29. The maximum absolute atomic E-state index is 11.5. The second-order valence-electron chi connectivity index (χ2n) is 5.74. The molecule has 6 heteroatoms. The number of hydrogen-bond donors (Lipinski definition) is 2. The lowest BCUT2D eigenvalue weighted by molar-refractivity contribution is -0.126. The molecule has 0 fully saturated rings. The molecule has 25 heavy (non-hydrogen) atoms. The predicted octanol–water partition coefficient (Wildman–Crippen LogP) is 1.89. The summed E-state index contributed by atoms with van der Waals surface area (Å²) in [5.41, 5.74) is 13.3. The molecule has 0 radical (unpaired) electrons. The van der Waals surface area contributed by atoms with Crippen molar-refractivity contribution < 1.29 is 19.1 Å². The van der Waals surface area contributed by atoms with E-state index in [1.54, 1.807) is 14.2 Å². The van der Waals surface area contributed by atoms with Crippen molar-refractivity contribution in [1.82, 2.24) is 0 Å². The van der Waals surface area contributed by atoms with E-state index in [1.165, 1.54) is 0 Å². The number of ether oxygens (including phenoxy) is 2. The van der Waals surface area contributed by atoms with Gasteiger partial charge in [0.2, 0.25) is 11.8 Å². The highest BCUT2D eigenvalue weighted by molar-refractivity contribution is 5.84. The van der Waals surface area contributed by atoms with Gasteiger partial charge in [-0.15, -0.1) is 0 Å². The first kappa shape index (κ1) is 18.3. The fraction of sp³-hybridized carbons (Fsp3) is 0.263. The number of hydrogen-bond acceptors (Lipinski definition) is 4. The first-order chi connectivity index (χ1) is 11.9. The van der Waals surface area contributed by atoms with Crippen molar-refractivity contribution in [3.8, 4) is 22.6 Å². The Balaban J connectivity index is 2.22. The van der Waals surface area contributed by atoms with Crippen LogP contribution in [-0.2, 0) is 16.0 Å². The van der Waals surface area contributed by atoms with E-state index in [4.69, 9.17) is 20.9 Å². The summed E-state index contributed by atoms with van der Waals surface area (Å²) in [5.74, 6) is -0.245. The lowest BCUT2D eigenvalue weighted by Gasteiger charge is -2.13. The molecule has 0 saturated heterocycles. The van der Waals surface area contributed by atoms with E-state index in [9.17, 15) is 9.59 Å². The average Bonchev–Trinajstić information content (AvgIpc) is 2.60. The number of carbonyl (C=O) groups excluding carboxylic acids is 2. The SMILES string of the molecule is COc1ccc(-c2ccc(CC(CC(N)=O)C(N)=O)cc2)c(OC)c1. The molecule has 0 aliphatic rings. The zero-order valence-corrected chi connectivity index (χ0v) is 14.3. The molecule has 2 aromatic carbocycles. The van der Waals surface area contributed by atoms with Crippen LogP contribution in [0.25, 0.3) is 11.1 Å². The van der Waals surface area contributed by atoms with E-state index < -0.39 is 17.7 Å². The summed E-state index contributed by atoms with van der Waals surface area (Å²) in [6, 6.07) is 13.3. The molecule has 0 aliphatic carbocycles. The summed E-state index contributed by atoms with van der Waals surface area (Å²) in [7, 11) is 3.21. The van der Waals surface area contributed by atoms with Gasteiger partial charge in [-0.1, -0.05) is 24.3 Å². The second-order valence-corrected chi connectivity index (χ2v) is 5.74. The summed E-state index contributed by atoms with van der Waals surface area (Å²) in [4.78, 5) is 22.5. The Morgan fingerprint density at radius 3 is 2.20 bits per heavy atom. The Bertz CT molecular complexity index is 757. The van der Waals surface area contributed by atoms with Crippen LogP contribution in [0.15, 0.2) is 42.5 Å². The van der Waals surface area contributed by atoms with E-state index in [1.807, 2.05) is 42.5 Å². The largest absolute Gasteiger partial charge is 0.497 e. The third-order valence-electron chi connectivity index (χ3n) is 4.01. The number of nitrogens with two attached hydrogens (primary N) is 2. The number of amides is 2. The van der Waals surface area contributed by atoms with Crippen LogP contribution >= 0.6 is 0 Å². The quantitative estimate of drug-likeness (QED) is 0.764. The van der Waals surface area contributed by atoms with Crippen LogP contribution in [0.4, 0.5) is 0 Å². The van der Waals surface area contributed by atoms with Gasteiger partial charge < -0.3 is 20.9 Å². The number of benzene rings is 2. The third kappa shape index (κ3) is 4.73. The number of rotatable bonds is 8. The van der Waals surface area contributed by atoms with Crippen LogP contribution in [-0.4, -0.2) is 26.0 Å². The fourth-order valence-electron chi connectivity index (χ4n) is 2.66. The van der Waals surface area contributed by atoms with E-state index in [2.05, 4.69) is 0 Å². The average molecular weight is 342 g/mol. The van der Waals surface area contributed by atoms with Crippen molar-refractivity contribution in [2.24, 2.45) is 17.4 Å². The van der Waals surface area contributed by atoms with Gasteiger partial charge in [0, 0.05) is 18.1 Å². The van der Waals surface area contributed by atoms with Crippen molar-refractivity contribution in [2.45, 2.75) is 12.8 Å². The van der Waals surface area contributed by atoms with Gasteiger partial charge in [-0.3, -0.25) is 9.59 Å². The Kier molecular flexibility index (Phi) is 6.00. The van der Waals surface area contributed by atoms with Crippen LogP contribution in [0, 0.1) is 5.92 Å². The molecule has 0 heterocycles. The van der Waals surface area contributed by atoms with E-state index >= 15 is 0 Å². The van der Waals surface area contributed by atoms with Crippen LogP contribution in [0.2, 0.25) is 0 Å². The normalized spacial score (nSPS) is 11.6. The molecule has 2 aromatic rings. The van der Waals surface area contributed by atoms with Crippen molar-refractivity contribution in [3.05, 3.63) is 48.0 Å². The van der Waals surface area contributed by atoms with Crippen molar-refractivity contribution in [2.75, 3.05) is 14.2 Å². The fourth-order valence-corrected chi connectivity index (χ4v) is 2.66. The topological polar surface area (TPSA) is 105 Å². The zero-order valence-electron chi connectivity index (χ0n) is 14.3. The smallest absolute Gasteiger partial charge is 0.221 e. The molecule has 0 aromatic heterocycles. The van der Waals surface area contributed by atoms with Crippen molar-refractivity contribution in [3.63, 3.8) is 0 Å². The molecular weight excluding hydrogens is 320 g/mol. The van der Waals surface area contributed by atoms with Crippen molar-refractivity contribution in [1.29, 1.82) is 0 Å². The van der Waals surface area contributed by atoms with Gasteiger partial charge in [0.15, 0.2) is 0 Å². The summed E-state index contributed by atoms with van der Waals surface area (Å²) < 4.78 is 10.6. The first-order valence-corrected chi connectivity index (χ1v) is 7.83. The minimum atomic E-state index is -0.598. The van der Waals surface area contributed by atoms with Crippen molar-refractivity contribution >= 4 is 11.8 Å². The molecule has 4 N–H and O–H groups in total. The highest BCUT2D eigenvalue weighted by Gasteiger charge is 2.18. The molecular formula is C19H22N2O4. The third-order valence-corrected chi connectivity index (χ3v) is 4.01. The summed E-state index contributed by atoms with van der Waals surface area (Å²) in [6.45, 7) is 0. The monoisotopic (exact) mass is 342 g/mol. The van der Waals surface area contributed by atoms with Crippen LogP contribution < -0.4 is 20.9 Å². The van der Waals surface area contributed by atoms with Crippen LogP contribution in [0.3, 0.4) is 0 Å². The van der Waals surface area contributed by atoms with E-state index in [0.29, 0.717) is 17.9 Å². The molecule has 2 amide bonds. The standard InChI is InChI=1S/C19H22N2O4/c1-24-15-7-8-16(17(11-15)25-2)13-5-3-12(4-6-13)9-14(19(21)23)10-18(20)22/h3-8,11,14H,9-10H2,1-2H3,(H2,20,22)(H2,21,23). The number of primary amides is 2. The lowest BCUT2D eigenvalue weighted by atomic mass is 9.94. The van der Waals surface area contributed by atoms with Gasteiger partial charge in [0.1, 0.15) is 11.5 Å². The number of carbonyl (C=O) groups is 2. The highest BCUT2D eigenvalue weighted by atomic mass is 16.5. The maximum atomic E-state index is 11.5. The summed E-state index contributed by atoms with van der Waals surface area (Å²) in [6.07, 6.45) is 0.321. The summed E-state index contributed by atoms with van der Waals surface area (Å²) in [5, 5.41) is 0. The van der Waals surface area contributed by atoms with Gasteiger partial charge in [0.05, 0.1) is 20.1 Å². The van der Waals surface area contributed by atoms with Gasteiger partial charge >= 0.3 is 0 Å². The Morgan fingerprint density at radius 2 is 1.68 bits per heavy atom. The molecule has 0 saturated carbocycles. The van der Waals surface area contributed by atoms with Gasteiger partial charge in [-0.2, -0.15) is 0 Å². The molecule has 2 rings (SSSR count). The van der Waals surface area contributed by atoms with Crippen LogP contribution in [0.5, 0.6) is 11.5 Å². The Hall–Kier alpha value is -3.02. The minimum Gasteiger partial charge on any atom is -0.497 e. The molecule has 0 spiro atoms. The summed E-state index contributed by atoms with van der Waals surface area (Å²) >= 11 is 0. The predicted molar refractivity (Wildman–Crippen MR) is 95.2 cm³/mol. The molecule has 0 aliphatic heterocycles. The van der Waals surface area contributed by atoms with E-state index in [0.717, 1.165) is 16.7 Å². The second kappa shape index (κ2) is 8.19. The maximum Gasteiger partial charge on any atom is 0.221 e. The minimum absolute atomic E-state index is 0.0522. The van der Waals surface area contributed by atoms with Gasteiger partial charge in [-0.05, 0) is 29.7 Å². The van der Waals surface area contributed by atoms with E-state index in [-0.39, 0.29) is 6.42 Å².